The van der Waals surface area contributed by atoms with Gasteiger partial charge >= 0.3 is 0 Å². The summed E-state index contributed by atoms with van der Waals surface area (Å²) >= 11 is 0. The average Bonchev–Trinajstić information content (AvgIpc) is 2.97. The molecule has 1 heterocycles. The van der Waals surface area contributed by atoms with Gasteiger partial charge in [0.2, 0.25) is 5.91 Å². The van der Waals surface area contributed by atoms with E-state index in [0.717, 1.165) is 25.1 Å². The maximum Gasteiger partial charge on any atom is 0.236 e. The Bertz CT molecular complexity index is 566. The van der Waals surface area contributed by atoms with Gasteiger partial charge in [-0.15, -0.1) is 0 Å². The largest absolute Gasteiger partial charge is 0.393 e. The Morgan fingerprint density at radius 1 is 1.39 bits per heavy atom. The van der Waals surface area contributed by atoms with Crippen molar-refractivity contribution in [1.82, 2.24) is 9.80 Å². The van der Waals surface area contributed by atoms with Gasteiger partial charge in [0.15, 0.2) is 11.6 Å². The minimum absolute atomic E-state index is 0.0755. The molecule has 1 aliphatic rings. The van der Waals surface area contributed by atoms with Crippen LogP contribution in [0.2, 0.25) is 0 Å². The zero-order chi connectivity index (χ0) is 17.1. The van der Waals surface area contributed by atoms with Crippen LogP contribution in [0.25, 0.3) is 0 Å². The van der Waals surface area contributed by atoms with Crippen LogP contribution in [0, 0.1) is 17.6 Å². The second-order valence-corrected chi connectivity index (χ2v) is 6.38. The first-order valence-corrected chi connectivity index (χ1v) is 7.90. The lowest BCUT2D eigenvalue weighted by atomic mass is 10.0. The van der Waals surface area contributed by atoms with Crippen molar-refractivity contribution in [2.24, 2.45) is 5.92 Å². The van der Waals surface area contributed by atoms with Gasteiger partial charge in [0.1, 0.15) is 0 Å². The molecule has 0 bridgehead atoms. The molecule has 3 unspecified atom stereocenters. The number of likely N-dealkylation sites (N-methyl/N-ethyl adjacent to an activating group) is 1. The molecule has 1 N–H and O–H groups in total. The summed E-state index contributed by atoms with van der Waals surface area (Å²) in [5.74, 6) is -1.67. The number of nitrogens with zero attached hydrogens (tertiary/aromatic N) is 2. The smallest absolute Gasteiger partial charge is 0.236 e. The molecular weight excluding hydrogens is 302 g/mol. The van der Waals surface area contributed by atoms with Crippen molar-refractivity contribution in [3.05, 3.63) is 35.4 Å². The van der Waals surface area contributed by atoms with Gasteiger partial charge in [-0.05, 0) is 50.4 Å². The van der Waals surface area contributed by atoms with Crippen LogP contribution in [0.4, 0.5) is 8.78 Å². The zero-order valence-corrected chi connectivity index (χ0v) is 13.8. The summed E-state index contributed by atoms with van der Waals surface area (Å²) in [6, 6.07) is 3.36. The first-order valence-electron chi connectivity index (χ1n) is 7.90. The molecule has 3 atom stereocenters. The maximum atomic E-state index is 13.3. The molecule has 0 radical (unpaired) electrons. The van der Waals surface area contributed by atoms with E-state index in [2.05, 4.69) is 0 Å². The molecule has 1 aromatic carbocycles. The standard InChI is InChI=1S/C17H24F2N2O2/c1-11(13-4-5-15(18)16(19)8-13)20(3)17(23)10-21-7-6-14(9-21)12(2)22/h4-5,8,11-12,14,22H,6-7,9-10H2,1-3H3. The number of hydrogen-bond donors (Lipinski definition) is 1. The lowest BCUT2D eigenvalue weighted by molar-refractivity contribution is -0.132. The van der Waals surface area contributed by atoms with Gasteiger partial charge in [0, 0.05) is 13.6 Å². The van der Waals surface area contributed by atoms with E-state index < -0.39 is 11.6 Å². The number of carbonyl (C=O) groups is 1. The number of amides is 1. The molecule has 0 aromatic heterocycles. The highest BCUT2D eigenvalue weighted by Crippen LogP contribution is 2.23. The highest BCUT2D eigenvalue weighted by Gasteiger charge is 2.28. The Balaban J connectivity index is 1.95. The highest BCUT2D eigenvalue weighted by atomic mass is 19.2. The number of halogens is 2. The maximum absolute atomic E-state index is 13.3. The molecule has 0 saturated carbocycles. The summed E-state index contributed by atoms with van der Waals surface area (Å²) in [6.45, 7) is 5.32. The molecule has 2 rings (SSSR count). The van der Waals surface area contributed by atoms with Crippen molar-refractivity contribution in [2.45, 2.75) is 32.4 Å². The van der Waals surface area contributed by atoms with Crippen molar-refractivity contribution < 1.29 is 18.7 Å². The van der Waals surface area contributed by atoms with Crippen molar-refractivity contribution in [3.63, 3.8) is 0 Å². The molecule has 4 nitrogen and oxygen atoms in total. The SMILES string of the molecule is CC(O)C1CCN(CC(=O)N(C)C(C)c2ccc(F)c(F)c2)C1. The van der Waals surface area contributed by atoms with Crippen LogP contribution in [-0.2, 0) is 4.79 Å². The number of likely N-dealkylation sites (tertiary alicyclic amines) is 1. The minimum Gasteiger partial charge on any atom is -0.393 e. The fraction of sp³-hybridized carbons (Fsp3) is 0.588. The van der Waals surface area contributed by atoms with E-state index in [9.17, 15) is 18.7 Å². The number of rotatable bonds is 5. The summed E-state index contributed by atoms with van der Waals surface area (Å²) in [7, 11) is 1.66. The number of carbonyl (C=O) groups excluding carboxylic acids is 1. The average molecular weight is 326 g/mol. The van der Waals surface area contributed by atoms with E-state index in [1.54, 1.807) is 25.8 Å². The summed E-state index contributed by atoms with van der Waals surface area (Å²) in [5.41, 5.74) is 0.558. The Morgan fingerprint density at radius 3 is 2.65 bits per heavy atom. The van der Waals surface area contributed by atoms with Gasteiger partial charge in [0.05, 0.1) is 18.7 Å². The number of hydrogen-bond acceptors (Lipinski definition) is 3. The molecule has 0 aliphatic carbocycles. The topological polar surface area (TPSA) is 43.8 Å². The first-order chi connectivity index (χ1) is 10.8. The van der Waals surface area contributed by atoms with E-state index >= 15 is 0 Å². The summed E-state index contributed by atoms with van der Waals surface area (Å²) in [4.78, 5) is 16.0. The third kappa shape index (κ3) is 4.26. The molecule has 23 heavy (non-hydrogen) atoms. The molecule has 6 heteroatoms. The van der Waals surface area contributed by atoms with Crippen molar-refractivity contribution in [1.29, 1.82) is 0 Å². The molecule has 1 aliphatic heterocycles. The van der Waals surface area contributed by atoms with Crippen LogP contribution in [0.5, 0.6) is 0 Å². The minimum atomic E-state index is -0.908. The van der Waals surface area contributed by atoms with Crippen LogP contribution in [-0.4, -0.2) is 53.6 Å². The predicted molar refractivity (Wildman–Crippen MR) is 83.8 cm³/mol. The number of aliphatic hydroxyl groups is 1. The predicted octanol–water partition coefficient (Wildman–Crippen LogP) is 2.19. The van der Waals surface area contributed by atoms with Crippen LogP contribution in [0.3, 0.4) is 0 Å². The van der Waals surface area contributed by atoms with Crippen molar-refractivity contribution in [2.75, 3.05) is 26.7 Å². The second kappa shape index (κ2) is 7.36. The normalized spacial score (nSPS) is 21.2. The van der Waals surface area contributed by atoms with Crippen LogP contribution >= 0.6 is 0 Å². The van der Waals surface area contributed by atoms with Gasteiger partial charge in [-0.3, -0.25) is 9.69 Å². The van der Waals surface area contributed by atoms with Gasteiger partial charge in [-0.25, -0.2) is 8.78 Å². The molecule has 128 valence electrons. The second-order valence-electron chi connectivity index (χ2n) is 6.38. The van der Waals surface area contributed by atoms with Gasteiger partial charge in [-0.2, -0.15) is 0 Å². The van der Waals surface area contributed by atoms with Gasteiger partial charge in [0.25, 0.3) is 0 Å². The van der Waals surface area contributed by atoms with Crippen LogP contribution in [0.1, 0.15) is 31.9 Å². The number of aliphatic hydroxyl groups excluding tert-OH is 1. The first kappa shape index (κ1) is 17.8. The van der Waals surface area contributed by atoms with E-state index in [1.165, 1.54) is 6.07 Å². The number of benzene rings is 1. The Morgan fingerprint density at radius 2 is 2.09 bits per heavy atom. The quantitative estimate of drug-likeness (QED) is 0.902. The van der Waals surface area contributed by atoms with Crippen LogP contribution < -0.4 is 0 Å². The fourth-order valence-electron chi connectivity index (χ4n) is 2.91. The zero-order valence-electron chi connectivity index (χ0n) is 13.8. The van der Waals surface area contributed by atoms with Gasteiger partial charge in [-0.1, -0.05) is 6.07 Å². The van der Waals surface area contributed by atoms with E-state index in [-0.39, 0.29) is 30.5 Å². The Kier molecular flexibility index (Phi) is 5.70. The summed E-state index contributed by atoms with van der Waals surface area (Å²) in [6.07, 6.45) is 0.516. The summed E-state index contributed by atoms with van der Waals surface area (Å²) < 4.78 is 26.4. The third-order valence-corrected chi connectivity index (χ3v) is 4.75. The highest BCUT2D eigenvalue weighted by molar-refractivity contribution is 5.78. The fourth-order valence-corrected chi connectivity index (χ4v) is 2.91. The molecule has 1 saturated heterocycles. The molecule has 1 fully saturated rings. The Labute approximate surface area is 135 Å². The molecule has 1 amide bonds. The van der Waals surface area contributed by atoms with E-state index in [4.69, 9.17) is 0 Å². The Hall–Kier alpha value is -1.53. The lowest BCUT2D eigenvalue weighted by Gasteiger charge is -2.27. The summed E-state index contributed by atoms with van der Waals surface area (Å²) in [5, 5.41) is 9.61. The lowest BCUT2D eigenvalue weighted by Crippen LogP contribution is -2.39. The van der Waals surface area contributed by atoms with Gasteiger partial charge < -0.3 is 10.0 Å². The van der Waals surface area contributed by atoms with E-state index in [0.29, 0.717) is 12.1 Å². The van der Waals surface area contributed by atoms with Crippen molar-refractivity contribution in [3.8, 4) is 0 Å². The third-order valence-electron chi connectivity index (χ3n) is 4.75. The van der Waals surface area contributed by atoms with E-state index in [1.807, 2.05) is 4.90 Å². The van der Waals surface area contributed by atoms with Crippen molar-refractivity contribution >= 4 is 5.91 Å². The van der Waals surface area contributed by atoms with Crippen LogP contribution in [0.15, 0.2) is 18.2 Å². The monoisotopic (exact) mass is 326 g/mol. The molecule has 1 aromatic rings. The molecular formula is C17H24F2N2O2. The molecule has 0 spiro atoms.